The van der Waals surface area contributed by atoms with Crippen molar-refractivity contribution in [3.8, 4) is 5.75 Å². The van der Waals surface area contributed by atoms with Crippen molar-refractivity contribution in [2.75, 3.05) is 11.9 Å². The predicted molar refractivity (Wildman–Crippen MR) is 88.9 cm³/mol. The van der Waals surface area contributed by atoms with Gasteiger partial charge in [0, 0.05) is 6.04 Å². The Morgan fingerprint density at radius 2 is 1.90 bits per heavy atom. The highest BCUT2D eigenvalue weighted by Gasteiger charge is 2.34. The van der Waals surface area contributed by atoms with Gasteiger partial charge in [-0.1, -0.05) is 38.8 Å². The van der Waals surface area contributed by atoms with Gasteiger partial charge in [-0.2, -0.15) is 0 Å². The minimum atomic E-state index is 0.562. The van der Waals surface area contributed by atoms with Crippen molar-refractivity contribution in [3.05, 3.63) is 24.3 Å². The zero-order valence-corrected chi connectivity index (χ0v) is 13.5. The lowest BCUT2D eigenvalue weighted by molar-refractivity contribution is 0.270. The lowest BCUT2D eigenvalue weighted by Crippen LogP contribution is -2.28. The maximum atomic E-state index is 5.96. The third kappa shape index (κ3) is 4.15. The van der Waals surface area contributed by atoms with Crippen LogP contribution in [0.25, 0.3) is 0 Å². The van der Waals surface area contributed by atoms with E-state index >= 15 is 0 Å². The smallest absolute Gasteiger partial charge is 0.142 e. The molecule has 0 amide bonds. The van der Waals surface area contributed by atoms with Crippen LogP contribution in [-0.2, 0) is 0 Å². The van der Waals surface area contributed by atoms with Gasteiger partial charge in [0.2, 0.25) is 0 Å². The van der Waals surface area contributed by atoms with Crippen molar-refractivity contribution in [1.29, 1.82) is 0 Å². The van der Waals surface area contributed by atoms with E-state index in [-0.39, 0.29) is 0 Å². The number of benzene rings is 1. The summed E-state index contributed by atoms with van der Waals surface area (Å²) >= 11 is 0. The quantitative estimate of drug-likeness (QED) is 0.785. The molecule has 21 heavy (non-hydrogen) atoms. The van der Waals surface area contributed by atoms with Crippen molar-refractivity contribution in [3.63, 3.8) is 0 Å². The maximum Gasteiger partial charge on any atom is 0.142 e. The SMILES string of the molecule is CC(C)COc1ccccc1NC1CCCC(C2CC2)C1. The van der Waals surface area contributed by atoms with Gasteiger partial charge in [-0.05, 0) is 55.6 Å². The first-order valence-corrected chi connectivity index (χ1v) is 8.70. The Morgan fingerprint density at radius 1 is 1.10 bits per heavy atom. The van der Waals surface area contributed by atoms with Gasteiger partial charge in [-0.3, -0.25) is 0 Å². The number of anilines is 1. The molecule has 2 unspecified atom stereocenters. The number of rotatable bonds is 6. The molecule has 0 spiro atoms. The molecule has 0 aliphatic heterocycles. The summed E-state index contributed by atoms with van der Waals surface area (Å²) in [5, 5.41) is 3.76. The summed E-state index contributed by atoms with van der Waals surface area (Å²) in [7, 11) is 0. The number of ether oxygens (including phenoxy) is 1. The van der Waals surface area contributed by atoms with Gasteiger partial charge in [0.05, 0.1) is 12.3 Å². The van der Waals surface area contributed by atoms with Crippen LogP contribution in [0.3, 0.4) is 0 Å². The molecule has 0 aromatic heterocycles. The lowest BCUT2D eigenvalue weighted by atomic mass is 9.82. The van der Waals surface area contributed by atoms with E-state index in [0.29, 0.717) is 12.0 Å². The fourth-order valence-electron chi connectivity index (χ4n) is 3.54. The Bertz CT molecular complexity index is 453. The van der Waals surface area contributed by atoms with Gasteiger partial charge in [-0.15, -0.1) is 0 Å². The van der Waals surface area contributed by atoms with E-state index in [1.165, 1.54) is 44.2 Å². The molecular weight excluding hydrogens is 258 g/mol. The first kappa shape index (κ1) is 14.7. The largest absolute Gasteiger partial charge is 0.491 e. The molecule has 2 aliphatic carbocycles. The third-order valence-corrected chi connectivity index (χ3v) is 4.82. The first-order chi connectivity index (χ1) is 10.2. The highest BCUT2D eigenvalue weighted by molar-refractivity contribution is 5.56. The van der Waals surface area contributed by atoms with E-state index in [0.717, 1.165) is 24.2 Å². The molecule has 2 nitrogen and oxygen atoms in total. The third-order valence-electron chi connectivity index (χ3n) is 4.82. The Balaban J connectivity index is 1.60. The molecule has 0 saturated heterocycles. The Labute approximate surface area is 129 Å². The Hall–Kier alpha value is -1.18. The van der Waals surface area contributed by atoms with Crippen LogP contribution in [0.4, 0.5) is 5.69 Å². The second-order valence-electron chi connectivity index (χ2n) is 7.31. The summed E-state index contributed by atoms with van der Waals surface area (Å²) < 4.78 is 5.96. The number of para-hydroxylation sites is 2. The van der Waals surface area contributed by atoms with Crippen molar-refractivity contribution >= 4 is 5.69 Å². The van der Waals surface area contributed by atoms with Gasteiger partial charge in [0.1, 0.15) is 5.75 Å². The molecule has 2 aliphatic rings. The maximum absolute atomic E-state index is 5.96. The molecule has 0 heterocycles. The molecule has 0 bridgehead atoms. The van der Waals surface area contributed by atoms with E-state index < -0.39 is 0 Å². The van der Waals surface area contributed by atoms with Crippen molar-refractivity contribution < 1.29 is 4.74 Å². The van der Waals surface area contributed by atoms with Crippen LogP contribution >= 0.6 is 0 Å². The molecule has 1 aromatic rings. The Kier molecular flexibility index (Phi) is 4.72. The topological polar surface area (TPSA) is 21.3 Å². The minimum Gasteiger partial charge on any atom is -0.491 e. The monoisotopic (exact) mass is 287 g/mol. The second-order valence-corrected chi connectivity index (χ2v) is 7.31. The first-order valence-electron chi connectivity index (χ1n) is 8.70. The highest BCUT2D eigenvalue weighted by atomic mass is 16.5. The Morgan fingerprint density at radius 3 is 2.67 bits per heavy atom. The number of hydrogen-bond donors (Lipinski definition) is 1. The van der Waals surface area contributed by atoms with Crippen LogP contribution in [0.15, 0.2) is 24.3 Å². The zero-order chi connectivity index (χ0) is 14.7. The van der Waals surface area contributed by atoms with E-state index in [4.69, 9.17) is 4.74 Å². The predicted octanol–water partition coefficient (Wildman–Crippen LogP) is 5.10. The van der Waals surface area contributed by atoms with Crippen LogP contribution in [0.5, 0.6) is 5.75 Å². The standard InChI is InChI=1S/C19H29NO/c1-14(2)13-21-19-9-4-3-8-18(19)20-17-7-5-6-16(12-17)15-10-11-15/h3-4,8-9,14-17,20H,5-7,10-13H2,1-2H3. The van der Waals surface area contributed by atoms with E-state index in [9.17, 15) is 0 Å². The van der Waals surface area contributed by atoms with Crippen LogP contribution in [0.2, 0.25) is 0 Å². The summed E-state index contributed by atoms with van der Waals surface area (Å²) in [4.78, 5) is 0. The summed E-state index contributed by atoms with van der Waals surface area (Å²) in [5.41, 5.74) is 1.18. The molecule has 1 aromatic carbocycles. The van der Waals surface area contributed by atoms with Crippen LogP contribution < -0.4 is 10.1 Å². The molecule has 2 atom stereocenters. The van der Waals surface area contributed by atoms with Crippen molar-refractivity contribution in [2.45, 2.75) is 58.4 Å². The second kappa shape index (κ2) is 6.72. The minimum absolute atomic E-state index is 0.562. The molecule has 116 valence electrons. The van der Waals surface area contributed by atoms with Gasteiger partial charge in [-0.25, -0.2) is 0 Å². The van der Waals surface area contributed by atoms with Gasteiger partial charge in [0.15, 0.2) is 0 Å². The van der Waals surface area contributed by atoms with E-state index in [1.807, 2.05) is 0 Å². The van der Waals surface area contributed by atoms with Gasteiger partial charge in [0.25, 0.3) is 0 Å². The fraction of sp³-hybridized carbons (Fsp3) is 0.684. The van der Waals surface area contributed by atoms with Crippen molar-refractivity contribution in [2.24, 2.45) is 17.8 Å². The van der Waals surface area contributed by atoms with Crippen LogP contribution in [-0.4, -0.2) is 12.6 Å². The highest BCUT2D eigenvalue weighted by Crippen LogP contribution is 2.44. The molecule has 0 radical (unpaired) electrons. The lowest BCUT2D eigenvalue weighted by Gasteiger charge is -2.31. The molecule has 1 N–H and O–H groups in total. The molecule has 2 saturated carbocycles. The molecule has 2 heteroatoms. The fourth-order valence-corrected chi connectivity index (χ4v) is 3.54. The van der Waals surface area contributed by atoms with Crippen LogP contribution in [0.1, 0.15) is 52.4 Å². The normalized spacial score (nSPS) is 25.9. The van der Waals surface area contributed by atoms with E-state index in [1.54, 1.807) is 0 Å². The summed E-state index contributed by atoms with van der Waals surface area (Å²) in [6.07, 6.45) is 8.45. The average Bonchev–Trinajstić information content (AvgIpc) is 3.31. The van der Waals surface area contributed by atoms with E-state index in [2.05, 4.69) is 43.4 Å². The molecule has 2 fully saturated rings. The summed E-state index contributed by atoms with van der Waals surface area (Å²) in [6.45, 7) is 5.17. The zero-order valence-electron chi connectivity index (χ0n) is 13.5. The van der Waals surface area contributed by atoms with Gasteiger partial charge >= 0.3 is 0 Å². The average molecular weight is 287 g/mol. The molecular formula is C19H29NO. The van der Waals surface area contributed by atoms with Crippen LogP contribution in [0, 0.1) is 17.8 Å². The summed E-state index contributed by atoms with van der Waals surface area (Å²) in [5.74, 6) is 3.59. The summed E-state index contributed by atoms with van der Waals surface area (Å²) in [6, 6.07) is 9.05. The molecule has 3 rings (SSSR count). The number of nitrogens with one attached hydrogen (secondary N) is 1. The van der Waals surface area contributed by atoms with Crippen molar-refractivity contribution in [1.82, 2.24) is 0 Å². The number of hydrogen-bond acceptors (Lipinski definition) is 2. The van der Waals surface area contributed by atoms with Gasteiger partial charge < -0.3 is 10.1 Å².